The Morgan fingerprint density at radius 3 is 2.60 bits per heavy atom. The van der Waals surface area contributed by atoms with E-state index in [9.17, 15) is 0 Å². The van der Waals surface area contributed by atoms with E-state index >= 15 is 0 Å². The van der Waals surface area contributed by atoms with Gasteiger partial charge in [0.2, 0.25) is 0 Å². The molecule has 108 valence electrons. The molecule has 2 N–H and O–H groups in total. The molecular weight excluding hydrogens is 312 g/mol. The molecule has 1 heterocycles. The predicted molar refractivity (Wildman–Crippen MR) is 88.9 cm³/mol. The molecule has 1 aliphatic carbocycles. The lowest BCUT2D eigenvalue weighted by atomic mass is 9.97. The van der Waals surface area contributed by atoms with Crippen molar-refractivity contribution in [1.82, 2.24) is 10.3 Å². The summed E-state index contributed by atoms with van der Waals surface area (Å²) in [4.78, 5) is 3.51. The van der Waals surface area contributed by atoms with E-state index in [1.165, 1.54) is 61.5 Å². The van der Waals surface area contributed by atoms with Crippen LogP contribution in [-0.2, 0) is 6.54 Å². The summed E-state index contributed by atoms with van der Waals surface area (Å²) in [5.41, 5.74) is 2.51. The molecule has 1 fully saturated rings. The second-order valence-electron chi connectivity index (χ2n) is 5.95. The van der Waals surface area contributed by atoms with Gasteiger partial charge < -0.3 is 10.3 Å². The van der Waals surface area contributed by atoms with E-state index in [-0.39, 0.29) is 0 Å². The van der Waals surface area contributed by atoms with Crippen molar-refractivity contribution in [3.05, 3.63) is 34.4 Å². The summed E-state index contributed by atoms with van der Waals surface area (Å²) in [6, 6.07) is 9.37. The molecule has 1 saturated carbocycles. The number of aromatic nitrogens is 1. The monoisotopic (exact) mass is 334 g/mol. The van der Waals surface area contributed by atoms with Gasteiger partial charge in [0.15, 0.2) is 0 Å². The van der Waals surface area contributed by atoms with Crippen LogP contribution in [0.3, 0.4) is 0 Å². The highest BCUT2D eigenvalue weighted by molar-refractivity contribution is 9.10. The Morgan fingerprint density at radius 1 is 1.05 bits per heavy atom. The fourth-order valence-electron chi connectivity index (χ4n) is 3.17. The van der Waals surface area contributed by atoms with Crippen LogP contribution in [0.4, 0.5) is 0 Å². The summed E-state index contributed by atoms with van der Waals surface area (Å²) in [5.74, 6) is 0. The minimum Gasteiger partial charge on any atom is -0.357 e. The van der Waals surface area contributed by atoms with Gasteiger partial charge in [0.25, 0.3) is 0 Å². The van der Waals surface area contributed by atoms with Gasteiger partial charge in [-0.2, -0.15) is 0 Å². The molecule has 0 atom stereocenters. The lowest BCUT2D eigenvalue weighted by molar-refractivity contribution is 0.388. The standard InChI is InChI=1S/C17H23BrN2/c18-14-9-8-13-10-16(20-17(13)11-14)12-19-15-6-4-2-1-3-5-7-15/h8-11,15,19-20H,1-7,12H2. The minimum absolute atomic E-state index is 0.702. The third-order valence-corrected chi connectivity index (χ3v) is 4.82. The third kappa shape index (κ3) is 3.64. The summed E-state index contributed by atoms with van der Waals surface area (Å²) in [6.07, 6.45) is 9.72. The van der Waals surface area contributed by atoms with Gasteiger partial charge >= 0.3 is 0 Å². The van der Waals surface area contributed by atoms with Crippen molar-refractivity contribution in [1.29, 1.82) is 0 Å². The molecule has 20 heavy (non-hydrogen) atoms. The van der Waals surface area contributed by atoms with Gasteiger partial charge in [0.05, 0.1) is 0 Å². The fraction of sp³-hybridized carbons (Fsp3) is 0.529. The van der Waals surface area contributed by atoms with Crippen molar-refractivity contribution in [3.63, 3.8) is 0 Å². The molecule has 2 nitrogen and oxygen atoms in total. The van der Waals surface area contributed by atoms with E-state index < -0.39 is 0 Å². The fourth-order valence-corrected chi connectivity index (χ4v) is 3.53. The molecule has 2 aromatic rings. The highest BCUT2D eigenvalue weighted by Crippen LogP contribution is 2.21. The van der Waals surface area contributed by atoms with Crippen LogP contribution in [0.15, 0.2) is 28.7 Å². The van der Waals surface area contributed by atoms with Crippen molar-refractivity contribution in [2.75, 3.05) is 0 Å². The smallest absolute Gasteiger partial charge is 0.0467 e. The summed E-state index contributed by atoms with van der Waals surface area (Å²) in [6.45, 7) is 0.955. The molecule has 1 aliphatic rings. The number of H-pyrrole nitrogens is 1. The van der Waals surface area contributed by atoms with Crippen LogP contribution in [0.5, 0.6) is 0 Å². The van der Waals surface area contributed by atoms with Crippen molar-refractivity contribution in [2.45, 2.75) is 57.5 Å². The summed E-state index contributed by atoms with van der Waals surface area (Å²) < 4.78 is 1.13. The SMILES string of the molecule is Brc1ccc2cc(CNC3CCCCCCC3)[nH]c2c1. The van der Waals surface area contributed by atoms with E-state index in [4.69, 9.17) is 0 Å². The number of benzene rings is 1. The lowest BCUT2D eigenvalue weighted by Crippen LogP contribution is -2.29. The molecule has 0 bridgehead atoms. The average Bonchev–Trinajstić information content (AvgIpc) is 2.79. The molecule has 0 radical (unpaired) electrons. The molecule has 0 aliphatic heterocycles. The van der Waals surface area contributed by atoms with E-state index in [0.717, 1.165) is 11.0 Å². The van der Waals surface area contributed by atoms with E-state index in [1.54, 1.807) is 0 Å². The van der Waals surface area contributed by atoms with E-state index in [0.29, 0.717) is 6.04 Å². The third-order valence-electron chi connectivity index (χ3n) is 4.33. The number of halogens is 1. The van der Waals surface area contributed by atoms with Crippen LogP contribution in [-0.4, -0.2) is 11.0 Å². The van der Waals surface area contributed by atoms with Crippen LogP contribution in [0.2, 0.25) is 0 Å². The number of hydrogen-bond acceptors (Lipinski definition) is 1. The topological polar surface area (TPSA) is 27.8 Å². The van der Waals surface area contributed by atoms with Gasteiger partial charge in [-0.1, -0.05) is 54.1 Å². The number of nitrogens with one attached hydrogen (secondary N) is 2. The van der Waals surface area contributed by atoms with Crippen LogP contribution in [0.25, 0.3) is 10.9 Å². The first-order valence-electron chi connectivity index (χ1n) is 7.82. The number of aromatic amines is 1. The van der Waals surface area contributed by atoms with Gasteiger partial charge in [-0.3, -0.25) is 0 Å². The number of fused-ring (bicyclic) bond motifs is 1. The first-order valence-corrected chi connectivity index (χ1v) is 8.61. The van der Waals surface area contributed by atoms with Crippen LogP contribution >= 0.6 is 15.9 Å². The van der Waals surface area contributed by atoms with Gasteiger partial charge in [0.1, 0.15) is 0 Å². The largest absolute Gasteiger partial charge is 0.357 e. The Kier molecular flexibility index (Phi) is 4.79. The van der Waals surface area contributed by atoms with Crippen molar-refractivity contribution >= 4 is 26.8 Å². The highest BCUT2D eigenvalue weighted by atomic mass is 79.9. The maximum Gasteiger partial charge on any atom is 0.0467 e. The average molecular weight is 335 g/mol. The Hall–Kier alpha value is -0.800. The van der Waals surface area contributed by atoms with E-state index in [2.05, 4.69) is 50.5 Å². The predicted octanol–water partition coefficient (Wildman–Crippen LogP) is 5.13. The normalized spacial score (nSPS) is 18.1. The lowest BCUT2D eigenvalue weighted by Gasteiger charge is -2.20. The first-order chi connectivity index (χ1) is 9.81. The highest BCUT2D eigenvalue weighted by Gasteiger charge is 2.11. The first kappa shape index (κ1) is 14.2. The number of hydrogen-bond donors (Lipinski definition) is 2. The summed E-state index contributed by atoms with van der Waals surface area (Å²) >= 11 is 3.52. The zero-order valence-corrected chi connectivity index (χ0v) is 13.5. The van der Waals surface area contributed by atoms with Crippen LogP contribution < -0.4 is 5.32 Å². The second-order valence-corrected chi connectivity index (χ2v) is 6.86. The zero-order chi connectivity index (χ0) is 13.8. The zero-order valence-electron chi connectivity index (χ0n) is 11.9. The maximum atomic E-state index is 3.74. The van der Waals surface area contributed by atoms with E-state index in [1.807, 2.05) is 0 Å². The minimum atomic E-state index is 0.702. The molecular formula is C17H23BrN2. The quantitative estimate of drug-likeness (QED) is 0.799. The molecule has 0 unspecified atom stereocenters. The molecule has 3 heteroatoms. The van der Waals surface area contributed by atoms with Crippen molar-refractivity contribution < 1.29 is 0 Å². The molecule has 0 spiro atoms. The molecule has 0 amide bonds. The Bertz CT molecular complexity index is 553. The van der Waals surface area contributed by atoms with Gasteiger partial charge in [0, 0.05) is 28.3 Å². The number of rotatable bonds is 3. The Labute approximate surface area is 129 Å². The summed E-state index contributed by atoms with van der Waals surface area (Å²) in [5, 5.41) is 5.03. The van der Waals surface area contributed by atoms with Crippen LogP contribution in [0, 0.1) is 0 Å². The molecule has 3 rings (SSSR count). The maximum absolute atomic E-state index is 3.74. The second kappa shape index (κ2) is 6.77. The molecule has 1 aromatic carbocycles. The van der Waals surface area contributed by atoms with Gasteiger partial charge in [-0.05, 0) is 36.4 Å². The Morgan fingerprint density at radius 2 is 1.80 bits per heavy atom. The molecule has 1 aromatic heterocycles. The van der Waals surface area contributed by atoms with Crippen LogP contribution in [0.1, 0.15) is 50.6 Å². The Balaban J connectivity index is 1.60. The molecule has 0 saturated heterocycles. The van der Waals surface area contributed by atoms with Crippen molar-refractivity contribution in [3.8, 4) is 0 Å². The van der Waals surface area contributed by atoms with Crippen molar-refractivity contribution in [2.24, 2.45) is 0 Å². The summed E-state index contributed by atoms with van der Waals surface area (Å²) in [7, 11) is 0. The van der Waals surface area contributed by atoms with Gasteiger partial charge in [-0.25, -0.2) is 0 Å². The van der Waals surface area contributed by atoms with Gasteiger partial charge in [-0.15, -0.1) is 0 Å².